The van der Waals surface area contributed by atoms with Crippen LogP contribution in [0, 0.1) is 13.8 Å². The van der Waals surface area contributed by atoms with Crippen LogP contribution in [0.1, 0.15) is 60.7 Å². The Morgan fingerprint density at radius 1 is 1.35 bits per heavy atom. The van der Waals surface area contributed by atoms with Gasteiger partial charge in [0.15, 0.2) is 5.82 Å². The van der Waals surface area contributed by atoms with E-state index in [1.807, 2.05) is 24.8 Å². The topological polar surface area (TPSA) is 77.0 Å². The summed E-state index contributed by atoms with van der Waals surface area (Å²) in [4.78, 5) is 19.1. The molecule has 0 unspecified atom stereocenters. The monoisotopic (exact) mass is 315 g/mol. The number of hydrogen-bond donors (Lipinski definition) is 0. The highest BCUT2D eigenvalue weighted by molar-refractivity contribution is 5.76. The van der Waals surface area contributed by atoms with E-state index in [1.54, 1.807) is 4.68 Å². The number of carbonyl (C=O) groups excluding carboxylic acids is 1. The van der Waals surface area contributed by atoms with Gasteiger partial charge in [-0.05, 0) is 45.6 Å². The zero-order valence-corrected chi connectivity index (χ0v) is 13.5. The summed E-state index contributed by atoms with van der Waals surface area (Å²) >= 11 is 0. The summed E-state index contributed by atoms with van der Waals surface area (Å²) in [6.45, 7) is 4.92. The fraction of sp³-hybridized carbons (Fsp3) is 0.625. The van der Waals surface area contributed by atoms with E-state index in [4.69, 9.17) is 4.52 Å². The van der Waals surface area contributed by atoms with E-state index in [0.29, 0.717) is 11.7 Å². The summed E-state index contributed by atoms with van der Waals surface area (Å²) in [5.74, 6) is 1.90. The summed E-state index contributed by atoms with van der Waals surface area (Å²) < 4.78 is 7.12. The van der Waals surface area contributed by atoms with Crippen LogP contribution >= 0.6 is 0 Å². The Hall–Kier alpha value is -2.18. The second-order valence-electron chi connectivity index (χ2n) is 6.59. The molecule has 0 radical (unpaired) electrons. The minimum Gasteiger partial charge on any atom is -0.339 e. The molecule has 23 heavy (non-hydrogen) atoms. The highest BCUT2D eigenvalue weighted by atomic mass is 16.5. The Kier molecular flexibility index (Phi) is 3.43. The number of likely N-dealkylation sites (tertiary alicyclic amines) is 1. The van der Waals surface area contributed by atoms with Gasteiger partial charge in [0.25, 0.3) is 0 Å². The Labute approximate surface area is 134 Å². The quantitative estimate of drug-likeness (QED) is 0.863. The molecule has 0 bridgehead atoms. The van der Waals surface area contributed by atoms with Gasteiger partial charge in [-0.1, -0.05) is 5.16 Å². The molecule has 0 N–H and O–H groups in total. The zero-order valence-electron chi connectivity index (χ0n) is 13.5. The van der Waals surface area contributed by atoms with Gasteiger partial charge >= 0.3 is 0 Å². The van der Waals surface area contributed by atoms with Gasteiger partial charge in [-0.3, -0.25) is 9.48 Å². The fourth-order valence-corrected chi connectivity index (χ4v) is 3.27. The smallest absolute Gasteiger partial charge is 0.244 e. The van der Waals surface area contributed by atoms with Crippen molar-refractivity contribution in [2.45, 2.75) is 58.0 Å². The average molecular weight is 315 g/mol. The third kappa shape index (κ3) is 2.75. The van der Waals surface area contributed by atoms with Crippen molar-refractivity contribution in [2.75, 3.05) is 6.54 Å². The molecule has 2 aliphatic rings. The summed E-state index contributed by atoms with van der Waals surface area (Å²) in [5.41, 5.74) is 1.93. The van der Waals surface area contributed by atoms with Crippen LogP contribution in [0.3, 0.4) is 0 Å². The van der Waals surface area contributed by atoms with Crippen molar-refractivity contribution in [1.82, 2.24) is 24.8 Å². The first-order valence-corrected chi connectivity index (χ1v) is 8.26. The maximum Gasteiger partial charge on any atom is 0.244 e. The Morgan fingerprint density at radius 3 is 2.87 bits per heavy atom. The second kappa shape index (κ2) is 5.47. The molecule has 2 fully saturated rings. The van der Waals surface area contributed by atoms with E-state index in [9.17, 15) is 4.79 Å². The first-order valence-electron chi connectivity index (χ1n) is 8.26. The predicted molar refractivity (Wildman–Crippen MR) is 81.7 cm³/mol. The number of carbonyl (C=O) groups is 1. The van der Waals surface area contributed by atoms with E-state index >= 15 is 0 Å². The predicted octanol–water partition coefficient (Wildman–Crippen LogP) is 2.12. The molecule has 1 atom stereocenters. The van der Waals surface area contributed by atoms with E-state index < -0.39 is 0 Å². The molecule has 1 amide bonds. The van der Waals surface area contributed by atoms with Crippen LogP contribution in [-0.2, 0) is 11.3 Å². The molecule has 3 heterocycles. The molecule has 0 aromatic carbocycles. The Morgan fingerprint density at radius 2 is 2.17 bits per heavy atom. The van der Waals surface area contributed by atoms with Crippen LogP contribution in [0.2, 0.25) is 0 Å². The first-order chi connectivity index (χ1) is 11.1. The van der Waals surface area contributed by atoms with E-state index in [-0.39, 0.29) is 18.5 Å². The van der Waals surface area contributed by atoms with Crippen LogP contribution in [0.4, 0.5) is 0 Å². The minimum absolute atomic E-state index is 0.0595. The maximum absolute atomic E-state index is 12.7. The molecule has 1 aliphatic carbocycles. The van der Waals surface area contributed by atoms with Crippen LogP contribution in [0.5, 0.6) is 0 Å². The molecule has 7 nitrogen and oxygen atoms in total. The number of aryl methyl sites for hydroxylation is 2. The van der Waals surface area contributed by atoms with Gasteiger partial charge < -0.3 is 9.42 Å². The van der Waals surface area contributed by atoms with Gasteiger partial charge in [0, 0.05) is 18.2 Å². The van der Waals surface area contributed by atoms with Crippen molar-refractivity contribution in [2.24, 2.45) is 0 Å². The Bertz CT molecular complexity index is 731. The van der Waals surface area contributed by atoms with Gasteiger partial charge in [-0.2, -0.15) is 10.1 Å². The van der Waals surface area contributed by atoms with Crippen molar-refractivity contribution in [1.29, 1.82) is 0 Å². The summed E-state index contributed by atoms with van der Waals surface area (Å²) in [5, 5.41) is 8.49. The largest absolute Gasteiger partial charge is 0.339 e. The number of nitrogens with zero attached hydrogens (tertiary/aromatic N) is 5. The normalized spacial score (nSPS) is 21.1. The van der Waals surface area contributed by atoms with Crippen molar-refractivity contribution in [3.05, 3.63) is 29.2 Å². The lowest BCUT2D eigenvalue weighted by molar-refractivity contribution is -0.133. The number of hydrogen-bond acceptors (Lipinski definition) is 5. The molecule has 1 saturated carbocycles. The number of aromatic nitrogens is 4. The first kappa shape index (κ1) is 14.4. The fourth-order valence-electron chi connectivity index (χ4n) is 3.27. The highest BCUT2D eigenvalue weighted by Gasteiger charge is 2.36. The van der Waals surface area contributed by atoms with Gasteiger partial charge in [-0.25, -0.2) is 0 Å². The lowest BCUT2D eigenvalue weighted by Gasteiger charge is -2.22. The molecule has 0 spiro atoms. The maximum atomic E-state index is 12.7. The molecular weight excluding hydrogens is 294 g/mol. The molecule has 1 saturated heterocycles. The second-order valence-corrected chi connectivity index (χ2v) is 6.59. The van der Waals surface area contributed by atoms with Crippen molar-refractivity contribution in [3.63, 3.8) is 0 Å². The van der Waals surface area contributed by atoms with Crippen molar-refractivity contribution < 1.29 is 9.32 Å². The lowest BCUT2D eigenvalue weighted by atomic mass is 10.2. The molecular formula is C16H21N5O2. The van der Waals surface area contributed by atoms with E-state index in [2.05, 4.69) is 15.2 Å². The summed E-state index contributed by atoms with van der Waals surface area (Å²) in [6.07, 6.45) is 4.13. The van der Waals surface area contributed by atoms with Gasteiger partial charge in [0.05, 0.1) is 11.7 Å². The third-order valence-corrected chi connectivity index (χ3v) is 4.64. The molecule has 2 aromatic heterocycles. The third-order valence-electron chi connectivity index (χ3n) is 4.64. The lowest BCUT2D eigenvalue weighted by Crippen LogP contribution is -2.34. The zero-order chi connectivity index (χ0) is 16.0. The van der Waals surface area contributed by atoms with Crippen LogP contribution in [-0.4, -0.2) is 37.3 Å². The summed E-state index contributed by atoms with van der Waals surface area (Å²) in [7, 11) is 0. The van der Waals surface area contributed by atoms with Crippen LogP contribution in [0.15, 0.2) is 10.6 Å². The van der Waals surface area contributed by atoms with Crippen LogP contribution in [0.25, 0.3) is 0 Å². The number of amides is 1. The standard InChI is InChI=1S/C16H21N5O2/c1-10-8-11(2)21(18-10)9-14(22)20-7-3-4-13(20)15-17-16(23-19-15)12-5-6-12/h8,12-13H,3-7,9H2,1-2H3/t13-/m0/s1. The van der Waals surface area contributed by atoms with Crippen molar-refractivity contribution in [3.8, 4) is 0 Å². The molecule has 7 heteroatoms. The molecule has 122 valence electrons. The summed E-state index contributed by atoms with van der Waals surface area (Å²) in [6, 6.07) is 1.92. The van der Waals surface area contributed by atoms with Gasteiger partial charge in [-0.15, -0.1) is 0 Å². The SMILES string of the molecule is Cc1cc(C)n(CC(=O)N2CCC[C@H]2c2noc(C3CC3)n2)n1. The molecule has 2 aromatic rings. The minimum atomic E-state index is -0.0595. The van der Waals surface area contributed by atoms with Gasteiger partial charge in [0.2, 0.25) is 11.8 Å². The molecule has 1 aliphatic heterocycles. The molecule has 4 rings (SSSR count). The van der Waals surface area contributed by atoms with E-state index in [1.165, 1.54) is 0 Å². The van der Waals surface area contributed by atoms with Crippen molar-refractivity contribution >= 4 is 5.91 Å². The average Bonchev–Trinajstić information content (AvgIpc) is 2.95. The number of rotatable bonds is 4. The van der Waals surface area contributed by atoms with E-state index in [0.717, 1.165) is 49.5 Å². The van der Waals surface area contributed by atoms with Crippen LogP contribution < -0.4 is 0 Å². The van der Waals surface area contributed by atoms with Gasteiger partial charge in [0.1, 0.15) is 6.54 Å². The Balaban J connectivity index is 1.49. The highest BCUT2D eigenvalue weighted by Crippen LogP contribution is 2.40.